The molecule has 1 aliphatic rings. The first-order valence-electron chi connectivity index (χ1n) is 3.65. The van der Waals surface area contributed by atoms with Crippen molar-refractivity contribution >= 4 is 24.2 Å². The fourth-order valence-electron chi connectivity index (χ4n) is 0.791. The van der Waals surface area contributed by atoms with Gasteiger partial charge >= 0.3 is 0 Å². The molecule has 0 spiro atoms. The maximum Gasteiger partial charge on any atom is 0.123 e. The van der Waals surface area contributed by atoms with Gasteiger partial charge in [-0.3, -0.25) is 0 Å². The van der Waals surface area contributed by atoms with Crippen LogP contribution in [0.5, 0.6) is 0 Å². The molecule has 0 aliphatic carbocycles. The third kappa shape index (κ3) is 2.86. The Morgan fingerprint density at radius 3 is 3.00 bits per heavy atom. The number of hydrogen-bond acceptors (Lipinski definition) is 3. The van der Waals surface area contributed by atoms with Crippen LogP contribution in [-0.2, 0) is 4.74 Å². The monoisotopic (exact) mass is 215 g/mol. The second kappa shape index (κ2) is 4.44. The van der Waals surface area contributed by atoms with E-state index in [-0.39, 0.29) is 0 Å². The molecule has 0 amide bonds. The molecule has 1 aliphatic heterocycles. The minimum absolute atomic E-state index is 0.387. The van der Waals surface area contributed by atoms with Crippen LogP contribution >= 0.6 is 24.2 Å². The van der Waals surface area contributed by atoms with E-state index >= 15 is 0 Å². The van der Waals surface area contributed by atoms with E-state index in [1.54, 1.807) is 12.2 Å². The second-order valence-corrected chi connectivity index (χ2v) is 3.45. The number of nitrogens with two attached hydrogens (primary N) is 1. The van der Waals surface area contributed by atoms with Crippen LogP contribution in [0.25, 0.3) is 0 Å². The molecule has 2 N–H and O–H groups in total. The molecule has 0 saturated heterocycles. The number of hydrogen-bond donors (Lipinski definition) is 2. The first kappa shape index (κ1) is 10.3. The van der Waals surface area contributed by atoms with Gasteiger partial charge in [0.05, 0.1) is 0 Å². The van der Waals surface area contributed by atoms with Crippen molar-refractivity contribution in [3.05, 3.63) is 46.2 Å². The minimum atomic E-state index is 0.387. The molecule has 0 aromatic carbocycles. The van der Waals surface area contributed by atoms with Gasteiger partial charge in [0.2, 0.25) is 0 Å². The molecule has 0 aromatic heterocycles. The quantitative estimate of drug-likeness (QED) is 0.548. The average Bonchev–Trinajstić information content (AvgIpc) is 2.11. The first-order valence-corrected chi connectivity index (χ1v) is 4.47. The molecule has 1 rings (SSSR count). The van der Waals surface area contributed by atoms with E-state index in [0.29, 0.717) is 23.1 Å². The molecular formula is C9H10ClNOS. The van der Waals surface area contributed by atoms with E-state index in [9.17, 15) is 0 Å². The van der Waals surface area contributed by atoms with Crippen LogP contribution in [0.3, 0.4) is 0 Å². The third-order valence-corrected chi connectivity index (χ3v) is 2.13. The standard InChI is InChI=1S/C9H10ClNOS/c1-2-6(10)3-7-4-8(11)9(13)5-12-7/h2-4,13H,1,5,11H2/b6-3+. The van der Waals surface area contributed by atoms with E-state index < -0.39 is 0 Å². The van der Waals surface area contributed by atoms with Crippen LogP contribution in [0.1, 0.15) is 0 Å². The summed E-state index contributed by atoms with van der Waals surface area (Å²) in [6.07, 6.45) is 4.86. The predicted molar refractivity (Wildman–Crippen MR) is 58.4 cm³/mol. The number of rotatable bonds is 2. The van der Waals surface area contributed by atoms with Crippen molar-refractivity contribution in [1.82, 2.24) is 0 Å². The van der Waals surface area contributed by atoms with Crippen LogP contribution in [-0.4, -0.2) is 6.61 Å². The van der Waals surface area contributed by atoms with Gasteiger partial charge < -0.3 is 10.5 Å². The number of halogens is 1. The molecule has 0 fully saturated rings. The highest BCUT2D eigenvalue weighted by Gasteiger charge is 2.07. The summed E-state index contributed by atoms with van der Waals surface area (Å²) < 4.78 is 5.27. The molecule has 0 unspecified atom stereocenters. The van der Waals surface area contributed by atoms with Crippen molar-refractivity contribution in [2.45, 2.75) is 0 Å². The Bertz CT molecular complexity index is 318. The first-order chi connectivity index (χ1) is 6.13. The maximum atomic E-state index is 5.73. The fourth-order valence-corrected chi connectivity index (χ4v) is 1.03. The lowest BCUT2D eigenvalue weighted by Crippen LogP contribution is -2.08. The Kier molecular flexibility index (Phi) is 3.51. The van der Waals surface area contributed by atoms with Gasteiger partial charge in [-0.25, -0.2) is 0 Å². The molecule has 2 nitrogen and oxygen atoms in total. The van der Waals surface area contributed by atoms with Crippen LogP contribution < -0.4 is 5.73 Å². The lowest BCUT2D eigenvalue weighted by molar-refractivity contribution is 0.253. The normalized spacial score (nSPS) is 18.0. The molecular weight excluding hydrogens is 206 g/mol. The van der Waals surface area contributed by atoms with Crippen LogP contribution in [0.2, 0.25) is 0 Å². The molecule has 0 atom stereocenters. The third-order valence-electron chi connectivity index (χ3n) is 1.48. The molecule has 0 bridgehead atoms. The van der Waals surface area contributed by atoms with Gasteiger partial charge in [-0.2, -0.15) is 0 Å². The molecule has 0 saturated carbocycles. The van der Waals surface area contributed by atoms with Gasteiger partial charge in [0.25, 0.3) is 0 Å². The number of ether oxygens (including phenoxy) is 1. The Morgan fingerprint density at radius 2 is 2.46 bits per heavy atom. The van der Waals surface area contributed by atoms with Gasteiger partial charge in [-0.15, -0.1) is 12.6 Å². The van der Waals surface area contributed by atoms with Crippen LogP contribution in [0.15, 0.2) is 46.2 Å². The summed E-state index contributed by atoms with van der Waals surface area (Å²) >= 11 is 9.85. The number of thiol groups is 1. The van der Waals surface area contributed by atoms with Gasteiger partial charge in [0, 0.05) is 21.7 Å². The zero-order chi connectivity index (χ0) is 9.84. The summed E-state index contributed by atoms with van der Waals surface area (Å²) in [6, 6.07) is 0. The highest BCUT2D eigenvalue weighted by Crippen LogP contribution is 2.19. The highest BCUT2D eigenvalue weighted by molar-refractivity contribution is 7.84. The topological polar surface area (TPSA) is 35.2 Å². The zero-order valence-electron chi connectivity index (χ0n) is 6.96. The molecule has 4 heteroatoms. The van der Waals surface area contributed by atoms with Gasteiger partial charge in [-0.1, -0.05) is 24.3 Å². The van der Waals surface area contributed by atoms with Crippen LogP contribution in [0, 0.1) is 0 Å². The lowest BCUT2D eigenvalue weighted by Gasteiger charge is -2.14. The van der Waals surface area contributed by atoms with Crippen molar-refractivity contribution in [2.24, 2.45) is 5.73 Å². The average molecular weight is 216 g/mol. The highest BCUT2D eigenvalue weighted by atomic mass is 35.5. The van der Waals surface area contributed by atoms with E-state index in [0.717, 1.165) is 4.91 Å². The smallest absolute Gasteiger partial charge is 0.123 e. The summed E-state index contributed by atoms with van der Waals surface area (Å²) in [6.45, 7) is 3.91. The van der Waals surface area contributed by atoms with Crippen LogP contribution in [0.4, 0.5) is 0 Å². The van der Waals surface area contributed by atoms with E-state index in [2.05, 4.69) is 19.2 Å². The minimum Gasteiger partial charge on any atom is -0.488 e. The molecule has 0 aromatic rings. The Balaban J connectivity index is 2.86. The molecule has 1 heterocycles. The van der Waals surface area contributed by atoms with Crippen molar-refractivity contribution in [1.29, 1.82) is 0 Å². The van der Waals surface area contributed by atoms with E-state index in [1.165, 1.54) is 6.08 Å². The van der Waals surface area contributed by atoms with Crippen molar-refractivity contribution in [3.63, 3.8) is 0 Å². The van der Waals surface area contributed by atoms with Crippen molar-refractivity contribution in [3.8, 4) is 0 Å². The summed E-state index contributed by atoms with van der Waals surface area (Å²) in [4.78, 5) is 0.729. The SMILES string of the molecule is C=C/C(Cl)=C\C1=CC(N)=C(S)CO1. The molecule has 70 valence electrons. The van der Waals surface area contributed by atoms with Crippen molar-refractivity contribution in [2.75, 3.05) is 6.61 Å². The summed E-state index contributed by atoms with van der Waals surface area (Å²) in [5.41, 5.74) is 6.24. The molecule has 0 radical (unpaired) electrons. The molecule has 13 heavy (non-hydrogen) atoms. The lowest BCUT2D eigenvalue weighted by atomic mass is 10.3. The van der Waals surface area contributed by atoms with E-state index in [1.807, 2.05) is 0 Å². The Hall–Kier alpha value is -0.800. The Morgan fingerprint density at radius 1 is 1.77 bits per heavy atom. The summed E-state index contributed by atoms with van der Waals surface area (Å²) in [7, 11) is 0. The number of allylic oxidation sites excluding steroid dienone is 4. The fraction of sp³-hybridized carbons (Fsp3) is 0.111. The van der Waals surface area contributed by atoms with E-state index in [4.69, 9.17) is 22.1 Å². The summed E-state index contributed by atoms with van der Waals surface area (Å²) in [5, 5.41) is 0.515. The van der Waals surface area contributed by atoms with Crippen molar-refractivity contribution < 1.29 is 4.74 Å². The zero-order valence-corrected chi connectivity index (χ0v) is 8.61. The largest absolute Gasteiger partial charge is 0.488 e. The summed E-state index contributed by atoms with van der Waals surface area (Å²) in [5.74, 6) is 0.625. The Labute approximate surface area is 87.8 Å². The van der Waals surface area contributed by atoms with Gasteiger partial charge in [0.1, 0.15) is 12.4 Å². The second-order valence-electron chi connectivity index (χ2n) is 2.47. The predicted octanol–water partition coefficient (Wildman–Crippen LogP) is 2.31. The van der Waals surface area contributed by atoms with Gasteiger partial charge in [-0.05, 0) is 6.08 Å². The maximum absolute atomic E-state index is 5.73. The van der Waals surface area contributed by atoms with Gasteiger partial charge in [0.15, 0.2) is 0 Å².